The van der Waals surface area contributed by atoms with Crippen molar-refractivity contribution in [3.8, 4) is 11.1 Å². The maximum atomic E-state index is 12.7. The van der Waals surface area contributed by atoms with Gasteiger partial charge in [0.25, 0.3) is 0 Å². The highest BCUT2D eigenvalue weighted by Crippen LogP contribution is 2.37. The van der Waals surface area contributed by atoms with Crippen molar-refractivity contribution in [2.45, 2.75) is 26.3 Å². The Labute approximate surface area is 193 Å². The van der Waals surface area contributed by atoms with Crippen LogP contribution >= 0.6 is 11.8 Å². The predicted octanol–water partition coefficient (Wildman–Crippen LogP) is 2.96. The van der Waals surface area contributed by atoms with Crippen LogP contribution in [0.3, 0.4) is 0 Å². The Morgan fingerprint density at radius 3 is 2.42 bits per heavy atom. The van der Waals surface area contributed by atoms with Gasteiger partial charge in [-0.25, -0.2) is 4.79 Å². The van der Waals surface area contributed by atoms with E-state index in [1.807, 2.05) is 43.3 Å². The van der Waals surface area contributed by atoms with E-state index in [0.717, 1.165) is 22.3 Å². The van der Waals surface area contributed by atoms with Crippen LogP contribution < -0.4 is 16.0 Å². The van der Waals surface area contributed by atoms with E-state index in [2.05, 4.69) is 5.32 Å². The monoisotopic (exact) mass is 464 g/mol. The quantitative estimate of drug-likeness (QED) is 0.419. The van der Waals surface area contributed by atoms with Crippen molar-refractivity contribution in [2.75, 3.05) is 12.0 Å². The van der Waals surface area contributed by atoms with E-state index in [1.54, 1.807) is 19.2 Å². The Bertz CT molecular complexity index is 1420. The summed E-state index contributed by atoms with van der Waals surface area (Å²) in [6, 6.07) is 12.3. The highest BCUT2D eigenvalue weighted by Gasteiger charge is 2.20. The van der Waals surface area contributed by atoms with Gasteiger partial charge in [-0.3, -0.25) is 4.79 Å². The minimum atomic E-state index is -1.37. The van der Waals surface area contributed by atoms with Gasteiger partial charge in [-0.2, -0.15) is 11.8 Å². The molecule has 0 radical (unpaired) electrons. The van der Waals surface area contributed by atoms with Crippen LogP contribution in [0.2, 0.25) is 0 Å². The normalized spacial score (nSPS) is 12.2. The Morgan fingerprint density at radius 1 is 1.06 bits per heavy atom. The molecule has 2 aromatic heterocycles. The number of rotatable bonds is 7. The number of carbonyl (C=O) groups is 2. The van der Waals surface area contributed by atoms with Crippen molar-refractivity contribution in [1.29, 1.82) is 0 Å². The van der Waals surface area contributed by atoms with E-state index in [0.29, 0.717) is 22.1 Å². The molecule has 0 spiro atoms. The molecule has 2 aromatic carbocycles. The molecule has 4 aromatic rings. The zero-order valence-corrected chi connectivity index (χ0v) is 19.2. The van der Waals surface area contributed by atoms with Crippen LogP contribution in [0.1, 0.15) is 16.9 Å². The maximum absolute atomic E-state index is 12.7. The summed E-state index contributed by atoms with van der Waals surface area (Å²) in [7, 11) is 0. The van der Waals surface area contributed by atoms with E-state index in [1.165, 1.54) is 11.8 Å². The van der Waals surface area contributed by atoms with Gasteiger partial charge in [0.1, 0.15) is 16.9 Å². The van der Waals surface area contributed by atoms with Gasteiger partial charge in [-0.15, -0.1) is 0 Å². The molecule has 0 aliphatic rings. The number of hydrogen-bond donors (Lipinski definition) is 1. The van der Waals surface area contributed by atoms with Crippen LogP contribution in [0.4, 0.5) is 0 Å². The summed E-state index contributed by atoms with van der Waals surface area (Å²) >= 11 is 1.27. The summed E-state index contributed by atoms with van der Waals surface area (Å²) in [5.41, 5.74) is 3.05. The Hall–Kier alpha value is -3.52. The molecule has 2 heterocycles. The van der Waals surface area contributed by atoms with Gasteiger partial charge >= 0.3 is 5.63 Å². The van der Waals surface area contributed by atoms with Crippen LogP contribution in [0.5, 0.6) is 0 Å². The number of hydrogen-bond acceptors (Lipinski definition) is 7. The van der Waals surface area contributed by atoms with Gasteiger partial charge in [-0.1, -0.05) is 30.3 Å². The van der Waals surface area contributed by atoms with Gasteiger partial charge in [0, 0.05) is 28.2 Å². The van der Waals surface area contributed by atoms with Crippen LogP contribution in [0.25, 0.3) is 33.1 Å². The molecule has 0 unspecified atom stereocenters. The highest BCUT2D eigenvalue weighted by molar-refractivity contribution is 7.98. The molecular formula is C25H22NO6S-. The van der Waals surface area contributed by atoms with Crippen molar-refractivity contribution >= 4 is 45.6 Å². The molecular weight excluding hydrogens is 442 g/mol. The minimum absolute atomic E-state index is 0.166. The van der Waals surface area contributed by atoms with E-state index in [4.69, 9.17) is 8.83 Å². The fourth-order valence-corrected chi connectivity index (χ4v) is 4.56. The Kier molecular flexibility index (Phi) is 6.29. The first-order valence-corrected chi connectivity index (χ1v) is 11.7. The summed E-state index contributed by atoms with van der Waals surface area (Å²) in [5, 5.41) is 15.2. The number of aliphatic carboxylic acids is 1. The molecule has 1 N–H and O–H groups in total. The third kappa shape index (κ3) is 4.39. The molecule has 0 aliphatic heterocycles. The summed E-state index contributed by atoms with van der Waals surface area (Å²) in [5.74, 6) is -1.04. The van der Waals surface area contributed by atoms with Crippen LogP contribution in [0.15, 0.2) is 56.1 Å². The maximum Gasteiger partial charge on any atom is 0.340 e. The third-order valence-corrected chi connectivity index (χ3v) is 6.29. The summed E-state index contributed by atoms with van der Waals surface area (Å²) in [4.78, 5) is 36.4. The molecule has 33 heavy (non-hydrogen) atoms. The van der Waals surface area contributed by atoms with Crippen molar-refractivity contribution in [1.82, 2.24) is 5.32 Å². The van der Waals surface area contributed by atoms with E-state index in [-0.39, 0.29) is 17.7 Å². The van der Waals surface area contributed by atoms with Gasteiger partial charge in [0.15, 0.2) is 0 Å². The molecule has 8 heteroatoms. The molecule has 0 saturated heterocycles. The average Bonchev–Trinajstić information content (AvgIpc) is 3.10. The second-order valence-corrected chi connectivity index (χ2v) is 8.72. The first-order chi connectivity index (χ1) is 15.8. The number of furan rings is 1. The lowest BCUT2D eigenvalue weighted by molar-refractivity contribution is -0.307. The third-order valence-electron chi connectivity index (χ3n) is 5.62. The molecule has 0 bridgehead atoms. The number of nitrogens with one attached hydrogen (secondary N) is 1. The molecule has 1 amide bonds. The second-order valence-electron chi connectivity index (χ2n) is 7.81. The lowest BCUT2D eigenvalue weighted by Crippen LogP contribution is -2.50. The number of carbonyl (C=O) groups excluding carboxylic acids is 2. The Morgan fingerprint density at radius 2 is 1.76 bits per heavy atom. The fraction of sp³-hybridized carbons (Fsp3) is 0.240. The topological polar surface area (TPSA) is 113 Å². The zero-order valence-electron chi connectivity index (χ0n) is 18.4. The van der Waals surface area contributed by atoms with E-state index >= 15 is 0 Å². The molecule has 1 atom stereocenters. The summed E-state index contributed by atoms with van der Waals surface area (Å²) < 4.78 is 11.4. The smallest absolute Gasteiger partial charge is 0.340 e. The lowest BCUT2D eigenvalue weighted by atomic mass is 9.98. The number of benzene rings is 2. The van der Waals surface area contributed by atoms with Gasteiger partial charge in [0.05, 0.1) is 24.0 Å². The summed E-state index contributed by atoms with van der Waals surface area (Å²) in [6.07, 6.45) is 1.43. The number of thioether (sulfide) groups is 1. The number of amides is 1. The standard InChI is InChI=1S/C25H23NO6S/c1-13-16-9-18-21(31-14(2)23(18)15-7-5-4-6-8-15)11-20(16)32-25(30)17(13)10-22(27)26-19(12-33-3)24(28)29/h4-9,11,19H,10,12H2,1-3H3,(H,26,27)(H,28,29)/p-1/t19-/m0/s1. The van der Waals surface area contributed by atoms with Crippen molar-refractivity contribution < 1.29 is 23.5 Å². The molecule has 0 fully saturated rings. The largest absolute Gasteiger partial charge is 0.548 e. The predicted molar refractivity (Wildman–Crippen MR) is 126 cm³/mol. The lowest BCUT2D eigenvalue weighted by Gasteiger charge is -2.18. The number of aryl methyl sites for hydroxylation is 2. The first kappa shape index (κ1) is 22.7. The number of fused-ring (bicyclic) bond motifs is 2. The first-order valence-electron chi connectivity index (χ1n) is 10.3. The second kappa shape index (κ2) is 9.15. The van der Waals surface area contributed by atoms with Crippen molar-refractivity contribution in [3.05, 3.63) is 69.8 Å². The molecule has 0 saturated carbocycles. The van der Waals surface area contributed by atoms with Crippen LogP contribution in [-0.2, 0) is 16.0 Å². The van der Waals surface area contributed by atoms with Gasteiger partial charge in [0.2, 0.25) is 5.91 Å². The van der Waals surface area contributed by atoms with Gasteiger partial charge in [-0.05, 0) is 37.3 Å². The average molecular weight is 465 g/mol. The van der Waals surface area contributed by atoms with E-state index < -0.39 is 23.5 Å². The molecule has 0 aliphatic carbocycles. The van der Waals surface area contributed by atoms with Crippen LogP contribution in [0, 0.1) is 13.8 Å². The van der Waals surface area contributed by atoms with Crippen molar-refractivity contribution in [3.63, 3.8) is 0 Å². The fourth-order valence-electron chi connectivity index (χ4n) is 4.01. The van der Waals surface area contributed by atoms with E-state index in [9.17, 15) is 19.5 Å². The molecule has 4 rings (SSSR count). The molecule has 170 valence electrons. The number of carboxylic acids is 1. The summed E-state index contributed by atoms with van der Waals surface area (Å²) in [6.45, 7) is 3.63. The molecule has 7 nitrogen and oxygen atoms in total. The highest BCUT2D eigenvalue weighted by atomic mass is 32.2. The van der Waals surface area contributed by atoms with Crippen molar-refractivity contribution in [2.24, 2.45) is 0 Å². The number of carboxylic acid groups (broad SMARTS) is 1. The van der Waals surface area contributed by atoms with Gasteiger partial charge < -0.3 is 24.1 Å². The zero-order chi connectivity index (χ0) is 23.7. The van der Waals surface area contributed by atoms with Crippen LogP contribution in [-0.4, -0.2) is 29.9 Å². The minimum Gasteiger partial charge on any atom is -0.548 e. The SMILES string of the molecule is CSC[C@H](NC(=O)Cc1c(C)c2cc3c(-c4ccccc4)c(C)oc3cc2oc1=O)C(=O)[O-]. The Balaban J connectivity index is 1.78.